The van der Waals surface area contributed by atoms with Crippen molar-refractivity contribution in [2.75, 3.05) is 6.54 Å². The van der Waals surface area contributed by atoms with Crippen molar-refractivity contribution in [3.8, 4) is 0 Å². The van der Waals surface area contributed by atoms with Gasteiger partial charge in [-0.05, 0) is 38.0 Å². The highest BCUT2D eigenvalue weighted by Gasteiger charge is 2.25. The van der Waals surface area contributed by atoms with Crippen LogP contribution in [0.1, 0.15) is 58.3 Å². The lowest BCUT2D eigenvalue weighted by Crippen LogP contribution is -2.38. The van der Waals surface area contributed by atoms with Crippen molar-refractivity contribution >= 4 is 0 Å². The maximum absolute atomic E-state index is 10.1. The molecule has 2 aliphatic carbocycles. The van der Waals surface area contributed by atoms with Crippen LogP contribution >= 0.6 is 0 Å². The molecule has 0 bridgehead atoms. The molecule has 0 radical (unpaired) electrons. The second-order valence-corrected chi connectivity index (χ2v) is 5.95. The first-order valence-corrected chi connectivity index (χ1v) is 7.17. The lowest BCUT2D eigenvalue weighted by molar-refractivity contribution is 0.0814. The summed E-state index contributed by atoms with van der Waals surface area (Å²) in [5.41, 5.74) is 0. The predicted molar refractivity (Wildman–Crippen MR) is 67.4 cm³/mol. The standard InChI is InChI=1S/C14H27NO/c1-11(9-12-7-8-12)15-10-14(16)13-5-3-2-4-6-13/h11-16H,2-10H2,1H3. The van der Waals surface area contributed by atoms with Crippen LogP contribution in [0.4, 0.5) is 0 Å². The fourth-order valence-corrected chi connectivity index (χ4v) is 2.94. The minimum atomic E-state index is -0.109. The van der Waals surface area contributed by atoms with Gasteiger partial charge in [-0.25, -0.2) is 0 Å². The first-order valence-electron chi connectivity index (χ1n) is 7.17. The smallest absolute Gasteiger partial charge is 0.0692 e. The normalized spacial score (nSPS) is 26.6. The van der Waals surface area contributed by atoms with Gasteiger partial charge in [0, 0.05) is 12.6 Å². The molecule has 2 heteroatoms. The molecule has 2 N–H and O–H groups in total. The minimum absolute atomic E-state index is 0.109. The number of nitrogens with one attached hydrogen (secondary N) is 1. The summed E-state index contributed by atoms with van der Waals surface area (Å²) in [4.78, 5) is 0. The Morgan fingerprint density at radius 1 is 1.12 bits per heavy atom. The van der Waals surface area contributed by atoms with Crippen molar-refractivity contribution in [1.29, 1.82) is 0 Å². The third-order valence-electron chi connectivity index (χ3n) is 4.25. The Labute approximate surface area is 99.8 Å². The van der Waals surface area contributed by atoms with E-state index < -0.39 is 0 Å². The lowest BCUT2D eigenvalue weighted by atomic mass is 9.85. The SMILES string of the molecule is CC(CC1CC1)NCC(O)C1CCCCC1. The second-order valence-electron chi connectivity index (χ2n) is 5.95. The number of aliphatic hydroxyl groups excluding tert-OH is 1. The van der Waals surface area contributed by atoms with Crippen molar-refractivity contribution in [3.63, 3.8) is 0 Å². The molecule has 0 amide bonds. The van der Waals surface area contributed by atoms with Crippen LogP contribution in [-0.2, 0) is 0 Å². The Bertz CT molecular complexity index is 197. The van der Waals surface area contributed by atoms with Gasteiger partial charge in [0.15, 0.2) is 0 Å². The van der Waals surface area contributed by atoms with Crippen molar-refractivity contribution in [2.24, 2.45) is 11.8 Å². The number of aliphatic hydroxyl groups is 1. The van der Waals surface area contributed by atoms with Gasteiger partial charge in [0.2, 0.25) is 0 Å². The highest BCUT2D eigenvalue weighted by molar-refractivity contribution is 4.80. The predicted octanol–water partition coefficient (Wildman–Crippen LogP) is 2.71. The van der Waals surface area contributed by atoms with E-state index in [1.165, 1.54) is 51.4 Å². The summed E-state index contributed by atoms with van der Waals surface area (Å²) in [5.74, 6) is 1.55. The molecule has 2 saturated carbocycles. The van der Waals surface area contributed by atoms with E-state index in [4.69, 9.17) is 0 Å². The minimum Gasteiger partial charge on any atom is -0.392 e. The molecule has 2 fully saturated rings. The van der Waals surface area contributed by atoms with E-state index in [0.717, 1.165) is 12.5 Å². The zero-order valence-electron chi connectivity index (χ0n) is 10.6. The van der Waals surface area contributed by atoms with Crippen LogP contribution in [0.2, 0.25) is 0 Å². The van der Waals surface area contributed by atoms with E-state index in [1.807, 2.05) is 0 Å². The molecule has 0 saturated heterocycles. The van der Waals surface area contributed by atoms with Gasteiger partial charge in [0.1, 0.15) is 0 Å². The number of hydrogen-bond donors (Lipinski definition) is 2. The summed E-state index contributed by atoms with van der Waals surface area (Å²) in [7, 11) is 0. The molecule has 2 atom stereocenters. The van der Waals surface area contributed by atoms with E-state index >= 15 is 0 Å². The molecule has 0 aromatic rings. The Morgan fingerprint density at radius 3 is 2.44 bits per heavy atom. The molecule has 0 aliphatic heterocycles. The average molecular weight is 225 g/mol. The van der Waals surface area contributed by atoms with Crippen LogP contribution in [0.5, 0.6) is 0 Å². The van der Waals surface area contributed by atoms with E-state index in [0.29, 0.717) is 12.0 Å². The molecule has 16 heavy (non-hydrogen) atoms. The fourth-order valence-electron chi connectivity index (χ4n) is 2.94. The molecule has 2 unspecified atom stereocenters. The van der Waals surface area contributed by atoms with Crippen LogP contribution in [-0.4, -0.2) is 23.8 Å². The monoisotopic (exact) mass is 225 g/mol. The van der Waals surface area contributed by atoms with Crippen LogP contribution in [0.3, 0.4) is 0 Å². The van der Waals surface area contributed by atoms with Gasteiger partial charge in [-0.15, -0.1) is 0 Å². The molecule has 2 nitrogen and oxygen atoms in total. The highest BCUT2D eigenvalue weighted by Crippen LogP contribution is 2.33. The zero-order valence-corrected chi connectivity index (χ0v) is 10.6. The first kappa shape index (κ1) is 12.4. The number of hydrogen-bond acceptors (Lipinski definition) is 2. The summed E-state index contributed by atoms with van der Waals surface area (Å²) in [6.07, 6.45) is 10.5. The van der Waals surface area contributed by atoms with Gasteiger partial charge in [0.05, 0.1) is 6.10 Å². The van der Waals surface area contributed by atoms with Crippen molar-refractivity contribution < 1.29 is 5.11 Å². The highest BCUT2D eigenvalue weighted by atomic mass is 16.3. The summed E-state index contributed by atoms with van der Waals surface area (Å²) < 4.78 is 0. The molecule has 0 aromatic heterocycles. The Balaban J connectivity index is 1.59. The van der Waals surface area contributed by atoms with Crippen molar-refractivity contribution in [3.05, 3.63) is 0 Å². The largest absolute Gasteiger partial charge is 0.392 e. The van der Waals surface area contributed by atoms with Gasteiger partial charge < -0.3 is 10.4 Å². The van der Waals surface area contributed by atoms with Crippen LogP contribution < -0.4 is 5.32 Å². The molecular formula is C14H27NO. The summed E-state index contributed by atoms with van der Waals surface area (Å²) in [5, 5.41) is 13.6. The maximum Gasteiger partial charge on any atom is 0.0692 e. The van der Waals surface area contributed by atoms with Gasteiger partial charge >= 0.3 is 0 Å². The molecule has 2 aliphatic rings. The molecule has 2 rings (SSSR count). The summed E-state index contributed by atoms with van der Waals surface area (Å²) in [6, 6.07) is 0.589. The maximum atomic E-state index is 10.1. The molecule has 0 aromatic carbocycles. The summed E-state index contributed by atoms with van der Waals surface area (Å²) in [6.45, 7) is 3.06. The fraction of sp³-hybridized carbons (Fsp3) is 1.00. The quantitative estimate of drug-likeness (QED) is 0.728. The van der Waals surface area contributed by atoms with E-state index in [-0.39, 0.29) is 6.10 Å². The van der Waals surface area contributed by atoms with E-state index in [1.54, 1.807) is 0 Å². The van der Waals surface area contributed by atoms with Gasteiger partial charge in [-0.1, -0.05) is 32.1 Å². The Hall–Kier alpha value is -0.0800. The molecule has 0 spiro atoms. The van der Waals surface area contributed by atoms with Crippen molar-refractivity contribution in [1.82, 2.24) is 5.32 Å². The first-order chi connectivity index (χ1) is 7.75. The van der Waals surface area contributed by atoms with E-state index in [2.05, 4.69) is 12.2 Å². The third kappa shape index (κ3) is 4.06. The van der Waals surface area contributed by atoms with Gasteiger partial charge in [0.25, 0.3) is 0 Å². The van der Waals surface area contributed by atoms with E-state index in [9.17, 15) is 5.11 Å². The molecule has 0 heterocycles. The Kier molecular flexibility index (Phi) is 4.66. The van der Waals surface area contributed by atoms with Gasteiger partial charge in [-0.2, -0.15) is 0 Å². The topological polar surface area (TPSA) is 32.3 Å². The zero-order chi connectivity index (χ0) is 11.4. The number of rotatable bonds is 6. The average Bonchev–Trinajstić information content (AvgIpc) is 3.11. The lowest BCUT2D eigenvalue weighted by Gasteiger charge is -2.27. The van der Waals surface area contributed by atoms with Crippen molar-refractivity contribution in [2.45, 2.75) is 70.4 Å². The van der Waals surface area contributed by atoms with Crippen LogP contribution in [0, 0.1) is 11.8 Å². The Morgan fingerprint density at radius 2 is 1.81 bits per heavy atom. The van der Waals surface area contributed by atoms with Crippen LogP contribution in [0.15, 0.2) is 0 Å². The molecular weight excluding hydrogens is 198 g/mol. The van der Waals surface area contributed by atoms with Crippen LogP contribution in [0.25, 0.3) is 0 Å². The molecule has 94 valence electrons. The summed E-state index contributed by atoms with van der Waals surface area (Å²) >= 11 is 0. The second kappa shape index (κ2) is 6.02. The third-order valence-corrected chi connectivity index (χ3v) is 4.25. The van der Waals surface area contributed by atoms with Gasteiger partial charge in [-0.3, -0.25) is 0 Å².